The molecule has 0 unspecified atom stereocenters. The molecule has 0 spiro atoms. The van der Waals surface area contributed by atoms with Crippen molar-refractivity contribution in [2.24, 2.45) is 0 Å². The van der Waals surface area contributed by atoms with E-state index < -0.39 is 6.61 Å². The Hall–Kier alpha value is -1.92. The van der Waals surface area contributed by atoms with Gasteiger partial charge in [-0.3, -0.25) is 9.69 Å². The molecule has 1 aromatic carbocycles. The topological polar surface area (TPSA) is 56.9 Å². The van der Waals surface area contributed by atoms with Crippen LogP contribution in [0.25, 0.3) is 11.0 Å². The van der Waals surface area contributed by atoms with Gasteiger partial charge in [0, 0.05) is 31.6 Å². The molecule has 0 radical (unpaired) electrons. The lowest BCUT2D eigenvalue weighted by atomic mass is 10.2. The maximum absolute atomic E-state index is 13.1. The third-order valence-corrected chi connectivity index (χ3v) is 3.77. The number of carbonyl (C=O) groups is 1. The first-order valence-corrected chi connectivity index (χ1v) is 6.94. The summed E-state index contributed by atoms with van der Waals surface area (Å²) in [4.78, 5) is 15.2. The van der Waals surface area contributed by atoms with Crippen molar-refractivity contribution in [1.82, 2.24) is 9.80 Å². The SMILES string of the molecule is O=C(CO)N1CCN(Cc2cc3cc(F)ccc3o2)CC1. The largest absolute Gasteiger partial charge is 0.460 e. The van der Waals surface area contributed by atoms with Gasteiger partial charge in [0.2, 0.25) is 5.91 Å². The van der Waals surface area contributed by atoms with Crippen molar-refractivity contribution in [1.29, 1.82) is 0 Å². The zero-order valence-electron chi connectivity index (χ0n) is 11.6. The molecular formula is C15H17FN2O3. The van der Waals surface area contributed by atoms with Gasteiger partial charge in [-0.1, -0.05) is 0 Å². The molecule has 1 saturated heterocycles. The molecule has 6 heteroatoms. The molecule has 2 heterocycles. The van der Waals surface area contributed by atoms with Crippen LogP contribution in [0.4, 0.5) is 4.39 Å². The first-order chi connectivity index (χ1) is 10.2. The highest BCUT2D eigenvalue weighted by Crippen LogP contribution is 2.21. The summed E-state index contributed by atoms with van der Waals surface area (Å²) in [6, 6.07) is 6.32. The van der Waals surface area contributed by atoms with Gasteiger partial charge in [0.15, 0.2) is 0 Å². The number of aliphatic hydroxyl groups is 1. The number of hydrogen-bond donors (Lipinski definition) is 1. The second-order valence-corrected chi connectivity index (χ2v) is 5.21. The lowest BCUT2D eigenvalue weighted by molar-refractivity contribution is -0.136. The zero-order valence-corrected chi connectivity index (χ0v) is 11.6. The van der Waals surface area contributed by atoms with Crippen molar-refractivity contribution in [3.63, 3.8) is 0 Å². The van der Waals surface area contributed by atoms with Crippen molar-refractivity contribution in [3.05, 3.63) is 35.8 Å². The molecular weight excluding hydrogens is 275 g/mol. The number of fused-ring (bicyclic) bond motifs is 1. The number of nitrogens with zero attached hydrogens (tertiary/aromatic N) is 2. The van der Waals surface area contributed by atoms with E-state index in [4.69, 9.17) is 9.52 Å². The van der Waals surface area contributed by atoms with Crippen LogP contribution in [0.5, 0.6) is 0 Å². The fraction of sp³-hybridized carbons (Fsp3) is 0.400. The maximum Gasteiger partial charge on any atom is 0.248 e. The van der Waals surface area contributed by atoms with Gasteiger partial charge in [-0.2, -0.15) is 0 Å². The molecule has 1 amide bonds. The number of rotatable bonds is 3. The van der Waals surface area contributed by atoms with E-state index >= 15 is 0 Å². The summed E-state index contributed by atoms with van der Waals surface area (Å²) >= 11 is 0. The van der Waals surface area contributed by atoms with Crippen molar-refractivity contribution < 1.29 is 18.7 Å². The van der Waals surface area contributed by atoms with E-state index in [2.05, 4.69) is 4.90 Å². The third-order valence-electron chi connectivity index (χ3n) is 3.77. The van der Waals surface area contributed by atoms with Gasteiger partial charge in [-0.15, -0.1) is 0 Å². The summed E-state index contributed by atoms with van der Waals surface area (Å²) < 4.78 is 18.8. The minimum absolute atomic E-state index is 0.228. The summed E-state index contributed by atoms with van der Waals surface area (Å²) in [7, 11) is 0. The van der Waals surface area contributed by atoms with E-state index in [0.717, 1.165) is 24.2 Å². The Morgan fingerprint density at radius 3 is 2.71 bits per heavy atom. The van der Waals surface area contributed by atoms with Crippen LogP contribution in [0.15, 0.2) is 28.7 Å². The third kappa shape index (κ3) is 3.06. The predicted molar refractivity (Wildman–Crippen MR) is 75.1 cm³/mol. The molecule has 3 rings (SSSR count). The highest BCUT2D eigenvalue weighted by Gasteiger charge is 2.21. The van der Waals surface area contributed by atoms with Crippen LogP contribution in [0.1, 0.15) is 5.76 Å². The van der Waals surface area contributed by atoms with Crippen molar-refractivity contribution >= 4 is 16.9 Å². The van der Waals surface area contributed by atoms with E-state index in [0.29, 0.717) is 25.2 Å². The normalized spacial score (nSPS) is 16.6. The van der Waals surface area contributed by atoms with Crippen LogP contribution in [0, 0.1) is 5.82 Å². The summed E-state index contributed by atoms with van der Waals surface area (Å²) in [6.07, 6.45) is 0. The molecule has 21 heavy (non-hydrogen) atoms. The van der Waals surface area contributed by atoms with Gasteiger partial charge >= 0.3 is 0 Å². The molecule has 0 atom stereocenters. The summed E-state index contributed by atoms with van der Waals surface area (Å²) in [6.45, 7) is 2.88. The second-order valence-electron chi connectivity index (χ2n) is 5.21. The highest BCUT2D eigenvalue weighted by molar-refractivity contribution is 5.78. The minimum Gasteiger partial charge on any atom is -0.460 e. The lowest BCUT2D eigenvalue weighted by Crippen LogP contribution is -2.49. The van der Waals surface area contributed by atoms with Gasteiger partial charge in [-0.25, -0.2) is 4.39 Å². The predicted octanol–water partition coefficient (Wildman–Crippen LogP) is 1.21. The molecule has 1 N–H and O–H groups in total. The number of amides is 1. The standard InChI is InChI=1S/C15H17FN2O3/c16-12-1-2-14-11(7-12)8-13(21-14)9-17-3-5-18(6-4-17)15(20)10-19/h1-2,7-8,19H,3-6,9-10H2. The summed E-state index contributed by atoms with van der Waals surface area (Å²) in [5.41, 5.74) is 0.681. The average molecular weight is 292 g/mol. The number of benzene rings is 1. The smallest absolute Gasteiger partial charge is 0.248 e. The van der Waals surface area contributed by atoms with Gasteiger partial charge in [0.05, 0.1) is 6.54 Å². The molecule has 112 valence electrons. The fourth-order valence-corrected chi connectivity index (χ4v) is 2.62. The quantitative estimate of drug-likeness (QED) is 0.924. The van der Waals surface area contributed by atoms with E-state index in [1.165, 1.54) is 12.1 Å². The molecule has 1 aliphatic heterocycles. The van der Waals surface area contributed by atoms with Gasteiger partial charge in [-0.05, 0) is 24.3 Å². The van der Waals surface area contributed by atoms with Gasteiger partial charge in [0.1, 0.15) is 23.8 Å². The Balaban J connectivity index is 1.63. The Morgan fingerprint density at radius 1 is 1.24 bits per heavy atom. The molecule has 0 saturated carbocycles. The lowest BCUT2D eigenvalue weighted by Gasteiger charge is -2.33. The Kier molecular flexibility index (Phi) is 3.90. The van der Waals surface area contributed by atoms with E-state index in [-0.39, 0.29) is 11.7 Å². The molecule has 1 fully saturated rings. The fourth-order valence-electron chi connectivity index (χ4n) is 2.62. The Bertz CT molecular complexity index is 647. The zero-order chi connectivity index (χ0) is 14.8. The number of piperazine rings is 1. The van der Waals surface area contributed by atoms with Crippen molar-refractivity contribution in [2.75, 3.05) is 32.8 Å². The van der Waals surface area contributed by atoms with Gasteiger partial charge in [0.25, 0.3) is 0 Å². The first-order valence-electron chi connectivity index (χ1n) is 6.94. The molecule has 1 aliphatic rings. The van der Waals surface area contributed by atoms with Crippen LogP contribution in [-0.4, -0.2) is 53.6 Å². The number of aliphatic hydroxyl groups excluding tert-OH is 1. The van der Waals surface area contributed by atoms with Crippen LogP contribution in [-0.2, 0) is 11.3 Å². The molecule has 0 aliphatic carbocycles. The monoisotopic (exact) mass is 292 g/mol. The van der Waals surface area contributed by atoms with E-state index in [1.807, 2.05) is 6.07 Å². The number of halogens is 1. The summed E-state index contributed by atoms with van der Waals surface area (Å²) in [5.74, 6) is 0.289. The van der Waals surface area contributed by atoms with E-state index in [1.54, 1.807) is 11.0 Å². The minimum atomic E-state index is -0.435. The van der Waals surface area contributed by atoms with Crippen LogP contribution in [0.2, 0.25) is 0 Å². The average Bonchev–Trinajstić information content (AvgIpc) is 2.88. The number of hydrogen-bond acceptors (Lipinski definition) is 4. The number of furan rings is 1. The first kappa shape index (κ1) is 14.0. The molecule has 2 aromatic rings. The van der Waals surface area contributed by atoms with Crippen LogP contribution in [0.3, 0.4) is 0 Å². The molecule has 5 nitrogen and oxygen atoms in total. The van der Waals surface area contributed by atoms with Crippen molar-refractivity contribution in [2.45, 2.75) is 6.54 Å². The Morgan fingerprint density at radius 2 is 2.00 bits per heavy atom. The highest BCUT2D eigenvalue weighted by atomic mass is 19.1. The summed E-state index contributed by atoms with van der Waals surface area (Å²) in [5, 5.41) is 9.60. The maximum atomic E-state index is 13.1. The van der Waals surface area contributed by atoms with Crippen molar-refractivity contribution in [3.8, 4) is 0 Å². The number of carbonyl (C=O) groups excluding carboxylic acids is 1. The van der Waals surface area contributed by atoms with Crippen LogP contribution < -0.4 is 0 Å². The molecule has 1 aromatic heterocycles. The second kappa shape index (κ2) is 5.83. The Labute approximate surface area is 121 Å². The molecule has 0 bridgehead atoms. The van der Waals surface area contributed by atoms with Gasteiger partial charge < -0.3 is 14.4 Å². The van der Waals surface area contributed by atoms with Crippen LogP contribution >= 0.6 is 0 Å². The van der Waals surface area contributed by atoms with E-state index in [9.17, 15) is 9.18 Å².